The molecule has 0 atom stereocenters. The van der Waals surface area contributed by atoms with E-state index in [1.165, 1.54) is 11.1 Å². The van der Waals surface area contributed by atoms with Crippen LogP contribution in [0.4, 0.5) is 0 Å². The highest BCUT2D eigenvalue weighted by atomic mass is 32.1. The third-order valence-corrected chi connectivity index (χ3v) is 3.88. The number of H-pyrrole nitrogens is 1. The van der Waals surface area contributed by atoms with Crippen LogP contribution in [0, 0.1) is 11.7 Å². The van der Waals surface area contributed by atoms with Gasteiger partial charge in [0.15, 0.2) is 10.4 Å². The van der Waals surface area contributed by atoms with Crippen LogP contribution in [0.2, 0.25) is 0 Å². The van der Waals surface area contributed by atoms with Crippen LogP contribution in [-0.4, -0.2) is 14.5 Å². The third-order valence-electron chi connectivity index (χ3n) is 3.56. The molecule has 2 heterocycles. The molecule has 0 aliphatic carbocycles. The van der Waals surface area contributed by atoms with Crippen LogP contribution in [0.1, 0.15) is 17.5 Å². The summed E-state index contributed by atoms with van der Waals surface area (Å²) in [5, 5.41) is 0. The van der Waals surface area contributed by atoms with Crippen molar-refractivity contribution < 1.29 is 0 Å². The van der Waals surface area contributed by atoms with Crippen molar-refractivity contribution in [2.24, 2.45) is 0 Å². The van der Waals surface area contributed by atoms with Crippen LogP contribution < -0.4 is 0 Å². The molecule has 0 spiro atoms. The summed E-state index contributed by atoms with van der Waals surface area (Å²) in [5.41, 5.74) is 4.56. The lowest BCUT2D eigenvalue weighted by atomic mass is 10.1. The highest BCUT2D eigenvalue weighted by molar-refractivity contribution is 7.71. The number of aryl methyl sites for hydroxylation is 3. The lowest BCUT2D eigenvalue weighted by Crippen LogP contribution is -2.01. The van der Waals surface area contributed by atoms with E-state index in [9.17, 15) is 0 Å². The number of aromatic amines is 1. The molecule has 20 heavy (non-hydrogen) atoms. The number of aromatic nitrogens is 3. The van der Waals surface area contributed by atoms with Gasteiger partial charge < -0.3 is 9.55 Å². The first-order chi connectivity index (χ1) is 9.75. The van der Waals surface area contributed by atoms with Crippen LogP contribution in [0.5, 0.6) is 0 Å². The molecule has 1 N–H and O–H groups in total. The van der Waals surface area contributed by atoms with Crippen molar-refractivity contribution in [3.8, 4) is 0 Å². The number of imidazole rings is 1. The standard InChI is InChI=1S/C16H17N3S/c1-12-9-10-17-15-14(12)18-16(20)19(15)11-5-8-13-6-3-2-4-7-13/h2-4,6-7,9-10H,5,8,11H2,1H3,(H,18,20). The van der Waals surface area contributed by atoms with Crippen LogP contribution in [-0.2, 0) is 13.0 Å². The zero-order valence-electron chi connectivity index (χ0n) is 11.5. The van der Waals surface area contributed by atoms with E-state index in [2.05, 4.69) is 45.7 Å². The van der Waals surface area contributed by atoms with Crippen LogP contribution in [0.25, 0.3) is 11.2 Å². The quantitative estimate of drug-likeness (QED) is 0.733. The molecular formula is C16H17N3S. The van der Waals surface area contributed by atoms with Crippen molar-refractivity contribution >= 4 is 23.4 Å². The summed E-state index contributed by atoms with van der Waals surface area (Å²) < 4.78 is 2.86. The second-order valence-electron chi connectivity index (χ2n) is 5.00. The molecule has 0 bridgehead atoms. The van der Waals surface area contributed by atoms with Gasteiger partial charge in [-0.05, 0) is 49.2 Å². The number of pyridine rings is 1. The number of rotatable bonds is 4. The summed E-state index contributed by atoms with van der Waals surface area (Å²) >= 11 is 5.41. The number of hydrogen-bond donors (Lipinski definition) is 1. The molecule has 3 nitrogen and oxygen atoms in total. The van der Waals surface area contributed by atoms with E-state index >= 15 is 0 Å². The average molecular weight is 283 g/mol. The summed E-state index contributed by atoms with van der Waals surface area (Å²) in [7, 11) is 0. The fourth-order valence-electron chi connectivity index (χ4n) is 2.47. The number of nitrogens with one attached hydrogen (secondary N) is 1. The minimum atomic E-state index is 0.759. The summed E-state index contributed by atoms with van der Waals surface area (Å²) in [5.74, 6) is 0. The van der Waals surface area contributed by atoms with Gasteiger partial charge in [-0.3, -0.25) is 0 Å². The van der Waals surface area contributed by atoms with Crippen molar-refractivity contribution in [3.63, 3.8) is 0 Å². The van der Waals surface area contributed by atoms with Gasteiger partial charge in [0.25, 0.3) is 0 Å². The predicted molar refractivity (Wildman–Crippen MR) is 84.4 cm³/mol. The van der Waals surface area contributed by atoms with Gasteiger partial charge in [0, 0.05) is 12.7 Å². The highest BCUT2D eigenvalue weighted by Gasteiger charge is 2.07. The van der Waals surface area contributed by atoms with E-state index in [1.807, 2.05) is 18.3 Å². The average Bonchev–Trinajstić information content (AvgIpc) is 2.78. The SMILES string of the molecule is Cc1ccnc2c1[nH]c(=S)n2CCCc1ccccc1. The first-order valence-corrected chi connectivity index (χ1v) is 7.24. The molecule has 0 unspecified atom stereocenters. The van der Waals surface area contributed by atoms with Gasteiger partial charge in [0.1, 0.15) is 0 Å². The van der Waals surface area contributed by atoms with Gasteiger partial charge in [0.2, 0.25) is 0 Å². The first-order valence-electron chi connectivity index (χ1n) is 6.84. The number of fused-ring (bicyclic) bond motifs is 1. The van der Waals surface area contributed by atoms with E-state index in [0.29, 0.717) is 0 Å². The molecule has 0 radical (unpaired) electrons. The Bertz CT molecular complexity index is 771. The maximum absolute atomic E-state index is 5.41. The topological polar surface area (TPSA) is 33.6 Å². The maximum Gasteiger partial charge on any atom is 0.179 e. The van der Waals surface area contributed by atoms with Gasteiger partial charge in [0.05, 0.1) is 5.52 Å². The Morgan fingerprint density at radius 3 is 2.80 bits per heavy atom. The Morgan fingerprint density at radius 2 is 2.00 bits per heavy atom. The van der Waals surface area contributed by atoms with Gasteiger partial charge in [-0.15, -0.1) is 0 Å². The second kappa shape index (κ2) is 5.59. The fourth-order valence-corrected chi connectivity index (χ4v) is 2.75. The Labute approximate surface area is 123 Å². The second-order valence-corrected chi connectivity index (χ2v) is 5.38. The van der Waals surface area contributed by atoms with Gasteiger partial charge in [-0.2, -0.15) is 0 Å². The Kier molecular flexibility index (Phi) is 3.65. The molecule has 0 saturated heterocycles. The van der Waals surface area contributed by atoms with E-state index in [0.717, 1.165) is 35.3 Å². The Hall–Kier alpha value is -1.94. The van der Waals surface area contributed by atoms with E-state index in [4.69, 9.17) is 12.2 Å². The summed E-state index contributed by atoms with van der Waals surface area (Å²) in [4.78, 5) is 7.71. The molecule has 3 rings (SSSR count). The zero-order chi connectivity index (χ0) is 13.9. The van der Waals surface area contributed by atoms with Gasteiger partial charge in [-0.25, -0.2) is 4.98 Å². The number of benzene rings is 1. The molecular weight excluding hydrogens is 266 g/mol. The monoisotopic (exact) mass is 283 g/mol. The summed E-state index contributed by atoms with van der Waals surface area (Å²) in [6, 6.07) is 12.5. The molecule has 0 amide bonds. The molecule has 0 saturated carbocycles. The largest absolute Gasteiger partial charge is 0.329 e. The Morgan fingerprint density at radius 1 is 1.20 bits per heavy atom. The molecule has 0 aliphatic heterocycles. The lowest BCUT2D eigenvalue weighted by Gasteiger charge is -2.04. The highest BCUT2D eigenvalue weighted by Crippen LogP contribution is 2.16. The molecule has 102 valence electrons. The molecule has 0 aliphatic rings. The molecule has 1 aromatic carbocycles. The predicted octanol–water partition coefficient (Wildman–Crippen LogP) is 4.04. The van der Waals surface area contributed by atoms with Gasteiger partial charge >= 0.3 is 0 Å². The molecule has 3 aromatic rings. The lowest BCUT2D eigenvalue weighted by molar-refractivity contribution is 0.646. The van der Waals surface area contributed by atoms with Crippen molar-refractivity contribution in [1.29, 1.82) is 0 Å². The van der Waals surface area contributed by atoms with E-state index in [-0.39, 0.29) is 0 Å². The minimum absolute atomic E-state index is 0.759. The minimum Gasteiger partial charge on any atom is -0.329 e. The van der Waals surface area contributed by atoms with E-state index in [1.54, 1.807) is 0 Å². The molecule has 4 heteroatoms. The first kappa shape index (κ1) is 13.1. The normalized spacial score (nSPS) is 11.1. The molecule has 2 aromatic heterocycles. The fraction of sp³-hybridized carbons (Fsp3) is 0.250. The third kappa shape index (κ3) is 2.51. The smallest absolute Gasteiger partial charge is 0.179 e. The van der Waals surface area contributed by atoms with Crippen LogP contribution in [0.15, 0.2) is 42.6 Å². The van der Waals surface area contributed by atoms with Gasteiger partial charge in [-0.1, -0.05) is 30.3 Å². The number of hydrogen-bond acceptors (Lipinski definition) is 2. The van der Waals surface area contributed by atoms with Crippen molar-refractivity contribution in [2.75, 3.05) is 0 Å². The van der Waals surface area contributed by atoms with Crippen molar-refractivity contribution in [2.45, 2.75) is 26.3 Å². The van der Waals surface area contributed by atoms with E-state index < -0.39 is 0 Å². The zero-order valence-corrected chi connectivity index (χ0v) is 12.3. The summed E-state index contributed by atoms with van der Waals surface area (Å²) in [6.45, 7) is 2.97. The van der Waals surface area contributed by atoms with Crippen molar-refractivity contribution in [3.05, 3.63) is 58.5 Å². The summed E-state index contributed by atoms with van der Waals surface area (Å²) in [6.07, 6.45) is 3.95. The van der Waals surface area contributed by atoms with Crippen LogP contribution in [0.3, 0.4) is 0 Å². The Balaban J connectivity index is 1.80. The maximum atomic E-state index is 5.41. The van der Waals surface area contributed by atoms with Crippen molar-refractivity contribution in [1.82, 2.24) is 14.5 Å². The van der Waals surface area contributed by atoms with Crippen LogP contribution >= 0.6 is 12.2 Å². The molecule has 0 fully saturated rings. The number of nitrogens with zero attached hydrogens (tertiary/aromatic N) is 2.